The SMILES string of the molecule is Cc1cc(-c2c(C)ccc3c2oc2oc4ccccc4c23)[n+](C)cn1.Cc1cc2c(cc1-c1ccnc[n+]1C)oc1oc3ccccc3c12.Cc1ccc2c(oc3oc4ccccc4c32)c1-c1cc(-c2ccccc2)nc[n+]1C.[2H]C([2H])([2H])C([2H])(C)c1cc(-c2c(C)ccc3c2oc2oc4ccccc4c23)[n+](C)cn1. The zero-order valence-corrected chi connectivity index (χ0v) is 59.8. The maximum absolute atomic E-state index is 8.45. The Kier molecular flexibility index (Phi) is 14.5. The molecule has 21 aromatic rings. The molecule has 0 saturated carbocycles. The monoisotopic (exact) mass is 1400 g/mol. The lowest BCUT2D eigenvalue weighted by molar-refractivity contribution is -0.663. The van der Waals surface area contributed by atoms with E-state index in [0.29, 0.717) is 28.7 Å². The van der Waals surface area contributed by atoms with Gasteiger partial charge in [-0.25, -0.2) is 18.3 Å². The number of hydrogen-bond donors (Lipinski definition) is 0. The summed E-state index contributed by atoms with van der Waals surface area (Å²) in [4.78, 5) is 17.4. The first-order valence-corrected chi connectivity index (χ1v) is 34.9. The van der Waals surface area contributed by atoms with E-state index in [9.17, 15) is 0 Å². The van der Waals surface area contributed by atoms with Crippen molar-refractivity contribution < 1.29 is 59.1 Å². The highest BCUT2D eigenvalue weighted by Crippen LogP contribution is 2.46. The second-order valence-electron chi connectivity index (χ2n) is 27.2. The van der Waals surface area contributed by atoms with Gasteiger partial charge in [0.15, 0.2) is 33.8 Å². The molecule has 106 heavy (non-hydrogen) atoms. The highest BCUT2D eigenvalue weighted by atomic mass is 16.5. The molecule has 1 unspecified atom stereocenters. The maximum Gasteiger partial charge on any atom is 0.299 e. The molecule has 0 N–H and O–H groups in total. The predicted molar refractivity (Wildman–Crippen MR) is 415 cm³/mol. The van der Waals surface area contributed by atoms with Gasteiger partial charge in [0.25, 0.3) is 48.4 Å². The molecule has 12 aromatic heterocycles. The number of aryl methyl sites for hydroxylation is 9. The molecular formula is C90H72N8O8+4. The van der Waals surface area contributed by atoms with Crippen LogP contribution >= 0.6 is 0 Å². The Bertz CT molecular complexity index is 7270. The number of rotatable bonds is 6. The summed E-state index contributed by atoms with van der Waals surface area (Å²) in [6.07, 6.45) is 8.86. The number of para-hydroxylation sites is 4. The molecule has 1 atom stereocenters. The molecule has 16 heteroatoms. The van der Waals surface area contributed by atoms with E-state index in [-0.39, 0.29) is 5.69 Å². The summed E-state index contributed by atoms with van der Waals surface area (Å²) in [5.41, 5.74) is 22.2. The maximum atomic E-state index is 8.45. The Labute approximate surface area is 612 Å². The summed E-state index contributed by atoms with van der Waals surface area (Å²) in [5.74, 6) is 0.342. The van der Waals surface area contributed by atoms with E-state index in [1.165, 1.54) is 12.5 Å². The van der Waals surface area contributed by atoms with Gasteiger partial charge in [0.2, 0.25) is 0 Å². The summed E-state index contributed by atoms with van der Waals surface area (Å²) < 4.78 is 88.1. The molecule has 0 spiro atoms. The molecule has 0 aliphatic rings. The predicted octanol–water partition coefficient (Wildman–Crippen LogP) is 21.2. The van der Waals surface area contributed by atoms with Crippen LogP contribution in [0.2, 0.25) is 0 Å². The van der Waals surface area contributed by atoms with Crippen LogP contribution in [0.4, 0.5) is 0 Å². The molecule has 0 aliphatic heterocycles. The first kappa shape index (κ1) is 60.3. The molecule has 0 fully saturated rings. The van der Waals surface area contributed by atoms with Crippen molar-refractivity contribution in [2.24, 2.45) is 28.2 Å². The molecule has 21 rings (SSSR count). The summed E-state index contributed by atoms with van der Waals surface area (Å²) >= 11 is 0. The van der Waals surface area contributed by atoms with Crippen molar-refractivity contribution >= 4 is 132 Å². The molecule has 12 heterocycles. The van der Waals surface area contributed by atoms with Crippen molar-refractivity contribution in [2.75, 3.05) is 0 Å². The van der Waals surface area contributed by atoms with Crippen LogP contribution in [-0.4, -0.2) is 19.9 Å². The molecule has 0 amide bonds. The van der Waals surface area contributed by atoms with E-state index in [1.807, 2.05) is 188 Å². The van der Waals surface area contributed by atoms with Crippen LogP contribution in [0.1, 0.15) is 58.8 Å². The molecule has 0 saturated heterocycles. The summed E-state index contributed by atoms with van der Waals surface area (Å²) in [6.45, 7) is 9.16. The minimum absolute atomic E-state index is 0.178. The Morgan fingerprint density at radius 3 is 1.24 bits per heavy atom. The van der Waals surface area contributed by atoms with Crippen molar-refractivity contribution in [3.05, 3.63) is 265 Å². The highest BCUT2D eigenvalue weighted by molar-refractivity contribution is 6.22. The van der Waals surface area contributed by atoms with E-state index in [4.69, 9.17) is 40.8 Å². The van der Waals surface area contributed by atoms with Crippen molar-refractivity contribution in [2.45, 2.75) is 54.3 Å². The topological polar surface area (TPSA) is 172 Å². The largest absolute Gasteiger partial charge is 0.425 e. The smallest absolute Gasteiger partial charge is 0.299 e. The van der Waals surface area contributed by atoms with Gasteiger partial charge >= 0.3 is 0 Å². The van der Waals surface area contributed by atoms with Crippen LogP contribution in [0.15, 0.2) is 267 Å². The van der Waals surface area contributed by atoms with E-state index in [2.05, 4.69) is 120 Å². The fourth-order valence-electron chi connectivity index (χ4n) is 14.9. The Morgan fingerprint density at radius 2 is 0.755 bits per heavy atom. The van der Waals surface area contributed by atoms with Crippen molar-refractivity contribution in [3.8, 4) is 56.3 Å². The molecule has 0 radical (unpaired) electrons. The lowest BCUT2D eigenvalue weighted by Crippen LogP contribution is -2.32. The van der Waals surface area contributed by atoms with Gasteiger partial charge in [-0.1, -0.05) is 168 Å². The van der Waals surface area contributed by atoms with Gasteiger partial charge in [0.1, 0.15) is 56.9 Å². The second kappa shape index (κ2) is 25.6. The molecule has 16 nitrogen and oxygen atoms in total. The quantitative estimate of drug-likeness (QED) is 0.144. The van der Waals surface area contributed by atoms with Crippen molar-refractivity contribution in [1.29, 1.82) is 0 Å². The van der Waals surface area contributed by atoms with Crippen LogP contribution in [0.5, 0.6) is 0 Å². The summed E-state index contributed by atoms with van der Waals surface area (Å²) in [6, 6.07) is 66.9. The van der Waals surface area contributed by atoms with Gasteiger partial charge in [0, 0.05) is 96.8 Å². The van der Waals surface area contributed by atoms with Gasteiger partial charge in [-0.15, -0.1) is 0 Å². The minimum atomic E-state index is -2.51. The number of hydrogen-bond acceptors (Lipinski definition) is 12. The Balaban J connectivity index is 0.000000103. The third-order valence-corrected chi connectivity index (χ3v) is 20.2. The highest BCUT2D eigenvalue weighted by Gasteiger charge is 2.28. The van der Waals surface area contributed by atoms with Crippen LogP contribution < -0.4 is 18.3 Å². The first-order chi connectivity index (χ1) is 53.1. The fraction of sp³-hybridized carbons (Fsp3) is 0.133. The summed E-state index contributed by atoms with van der Waals surface area (Å²) in [5, 5.41) is 12.4. The lowest BCUT2D eigenvalue weighted by Gasteiger charge is -2.09. The van der Waals surface area contributed by atoms with Gasteiger partial charge in [-0.05, 0) is 91.3 Å². The zero-order valence-electron chi connectivity index (χ0n) is 63.8. The molecule has 516 valence electrons. The normalized spacial score (nSPS) is 13.0. The van der Waals surface area contributed by atoms with E-state index in [0.717, 1.165) is 182 Å². The van der Waals surface area contributed by atoms with Crippen LogP contribution in [0.25, 0.3) is 189 Å². The number of aromatic nitrogens is 8. The first-order valence-electron chi connectivity index (χ1n) is 36.9. The van der Waals surface area contributed by atoms with E-state index < -0.39 is 12.7 Å². The molecular weight excluding hydrogens is 1320 g/mol. The second-order valence-corrected chi connectivity index (χ2v) is 27.2. The fourth-order valence-corrected chi connectivity index (χ4v) is 14.9. The molecule has 9 aromatic carbocycles. The zero-order chi connectivity index (χ0) is 75.8. The number of benzene rings is 9. The summed E-state index contributed by atoms with van der Waals surface area (Å²) in [7, 11) is 7.84. The third-order valence-electron chi connectivity index (χ3n) is 20.2. The van der Waals surface area contributed by atoms with Crippen molar-refractivity contribution in [1.82, 2.24) is 19.9 Å². The number of nitrogens with zero attached hydrogens (tertiary/aromatic N) is 8. The Morgan fingerprint density at radius 1 is 0.349 bits per heavy atom. The average Bonchev–Trinajstić information content (AvgIpc) is 1.60. The van der Waals surface area contributed by atoms with Gasteiger partial charge in [-0.3, -0.25) is 0 Å². The van der Waals surface area contributed by atoms with Crippen LogP contribution in [0, 0.1) is 34.6 Å². The minimum Gasteiger partial charge on any atom is -0.425 e. The van der Waals surface area contributed by atoms with Gasteiger partial charge < -0.3 is 35.3 Å². The van der Waals surface area contributed by atoms with Crippen molar-refractivity contribution in [3.63, 3.8) is 0 Å². The standard InChI is InChI=1S/C26H19N2O2.C23H21N2O2.C21H17N2O2.C20H15N2O2/c1-16-12-13-19-24-18-10-6-7-11-22(18)29-26(24)30-25(19)23(16)21-14-20(27-15-28(21)2)17-8-4-3-5-9-17;1-13(2)17-11-18(25(4)12-24-17)20-14(3)9-10-16-21-15-7-5-6-8-19(15)26-23(21)27-22(16)20;1-12-8-9-15-19-14-6-4-5-7-17(14)24-21(19)25-20(15)18(12)16-10-13(2)22-11-23(16)3;1-12-9-15-18(10-14(12)16-7-8-21-11-22(16)2)24-20-19(15)13-5-3-4-6-17(13)23-20/h3-15H,1-2H3;5-13H,1-4H3;4-11H,1-3H3;3-11H,1-2H3/q4*+1/i;1D3,13D;;. The average molecular weight is 1400 g/mol. The molecule has 0 bridgehead atoms. The Hall–Kier alpha value is -13.3. The number of furan rings is 8. The van der Waals surface area contributed by atoms with Gasteiger partial charge in [-0.2, -0.15) is 0 Å². The van der Waals surface area contributed by atoms with Crippen LogP contribution in [0.3, 0.4) is 0 Å². The van der Waals surface area contributed by atoms with Crippen LogP contribution in [-0.2, 0) is 28.2 Å². The third kappa shape index (κ3) is 10.8. The van der Waals surface area contributed by atoms with Gasteiger partial charge in [0.05, 0.1) is 66.4 Å². The van der Waals surface area contributed by atoms with E-state index in [1.54, 1.807) is 24.9 Å². The lowest BCUT2D eigenvalue weighted by atomic mass is 9.99. The van der Waals surface area contributed by atoms with E-state index >= 15 is 0 Å². The number of fused-ring (bicyclic) bond motifs is 20. The molecule has 0 aliphatic carbocycles.